The van der Waals surface area contributed by atoms with Crippen molar-refractivity contribution in [3.8, 4) is 0 Å². The number of nitrogens with zero attached hydrogens (tertiary/aromatic N) is 1. The molecule has 96 valence electrons. The molecule has 1 rings (SSSR count). The summed E-state index contributed by atoms with van der Waals surface area (Å²) in [5.41, 5.74) is 1.65. The lowest BCUT2D eigenvalue weighted by molar-refractivity contribution is 0.606. The van der Waals surface area contributed by atoms with Crippen LogP contribution < -0.4 is 10.2 Å². The lowest BCUT2D eigenvalue weighted by Crippen LogP contribution is -2.21. The van der Waals surface area contributed by atoms with Gasteiger partial charge in [-0.2, -0.15) is 11.8 Å². The summed E-state index contributed by atoms with van der Waals surface area (Å²) in [4.78, 5) is 1.96. The largest absolute Gasteiger partial charge is 0.371 e. The molecule has 1 unspecified atom stereocenters. The molecule has 1 aromatic carbocycles. The quantitative estimate of drug-likeness (QED) is 0.842. The van der Waals surface area contributed by atoms with E-state index in [1.165, 1.54) is 0 Å². The van der Waals surface area contributed by atoms with Crippen LogP contribution in [0.1, 0.15) is 18.5 Å². The molecule has 1 N–H and O–H groups in total. The van der Waals surface area contributed by atoms with Gasteiger partial charge in [-0.25, -0.2) is 4.39 Å². The highest BCUT2D eigenvalue weighted by Crippen LogP contribution is 2.22. The fourth-order valence-corrected chi connectivity index (χ4v) is 2.07. The van der Waals surface area contributed by atoms with E-state index in [0.29, 0.717) is 5.69 Å². The lowest BCUT2D eigenvalue weighted by Gasteiger charge is -2.20. The topological polar surface area (TPSA) is 15.3 Å². The van der Waals surface area contributed by atoms with Crippen molar-refractivity contribution in [3.63, 3.8) is 0 Å². The molecule has 0 spiro atoms. The van der Waals surface area contributed by atoms with Crippen molar-refractivity contribution in [3.05, 3.63) is 29.6 Å². The molecule has 0 bridgehead atoms. The van der Waals surface area contributed by atoms with Crippen LogP contribution in [0, 0.1) is 5.82 Å². The molecule has 17 heavy (non-hydrogen) atoms. The Kier molecular flexibility index (Phi) is 5.78. The standard InChI is InChI=1S/C13H21FN2S/c1-10(15-2)11-5-6-13(12(14)9-11)16(3)7-8-17-4/h5-6,9-10,15H,7-8H2,1-4H3. The third kappa shape index (κ3) is 3.89. The molecule has 1 aromatic rings. The van der Waals surface area contributed by atoms with Crippen molar-refractivity contribution in [1.82, 2.24) is 5.32 Å². The van der Waals surface area contributed by atoms with Crippen LogP contribution in [0.5, 0.6) is 0 Å². The number of benzene rings is 1. The molecule has 0 heterocycles. The lowest BCUT2D eigenvalue weighted by atomic mass is 10.1. The first-order valence-electron chi connectivity index (χ1n) is 5.77. The first-order valence-corrected chi connectivity index (χ1v) is 7.16. The number of hydrogen-bond donors (Lipinski definition) is 1. The zero-order valence-electron chi connectivity index (χ0n) is 11.0. The fraction of sp³-hybridized carbons (Fsp3) is 0.538. The zero-order chi connectivity index (χ0) is 12.8. The van der Waals surface area contributed by atoms with E-state index in [-0.39, 0.29) is 11.9 Å². The Labute approximate surface area is 108 Å². The summed E-state index contributed by atoms with van der Waals surface area (Å²) in [5, 5.41) is 3.11. The number of halogens is 1. The maximum atomic E-state index is 13.9. The average Bonchev–Trinajstić information content (AvgIpc) is 2.34. The monoisotopic (exact) mass is 256 g/mol. The Morgan fingerprint density at radius 2 is 2.18 bits per heavy atom. The predicted octanol–water partition coefficient (Wildman–Crippen LogP) is 2.91. The Morgan fingerprint density at radius 1 is 1.47 bits per heavy atom. The van der Waals surface area contributed by atoms with Crippen LogP contribution in [-0.2, 0) is 0 Å². The van der Waals surface area contributed by atoms with Gasteiger partial charge in [0.05, 0.1) is 5.69 Å². The Bertz CT molecular complexity index is 357. The second-order valence-electron chi connectivity index (χ2n) is 4.14. The van der Waals surface area contributed by atoms with E-state index in [1.807, 2.05) is 38.1 Å². The third-order valence-electron chi connectivity index (χ3n) is 2.95. The Balaban J connectivity index is 2.82. The molecular weight excluding hydrogens is 235 g/mol. The van der Waals surface area contributed by atoms with Crippen LogP contribution in [0.15, 0.2) is 18.2 Å². The van der Waals surface area contributed by atoms with Gasteiger partial charge in [-0.05, 0) is 37.9 Å². The highest BCUT2D eigenvalue weighted by Gasteiger charge is 2.10. The van der Waals surface area contributed by atoms with Gasteiger partial charge in [0.25, 0.3) is 0 Å². The van der Waals surface area contributed by atoms with E-state index in [2.05, 4.69) is 11.6 Å². The van der Waals surface area contributed by atoms with Crippen LogP contribution in [0.4, 0.5) is 10.1 Å². The minimum atomic E-state index is -0.145. The molecule has 0 aromatic heterocycles. The van der Waals surface area contributed by atoms with E-state index in [9.17, 15) is 4.39 Å². The van der Waals surface area contributed by atoms with Crippen LogP contribution in [0.2, 0.25) is 0 Å². The number of thioether (sulfide) groups is 1. The molecule has 0 aliphatic heterocycles. The molecule has 2 nitrogen and oxygen atoms in total. The van der Waals surface area contributed by atoms with E-state index in [0.717, 1.165) is 17.9 Å². The highest BCUT2D eigenvalue weighted by molar-refractivity contribution is 7.98. The second-order valence-corrected chi connectivity index (χ2v) is 5.12. The third-order valence-corrected chi connectivity index (χ3v) is 3.54. The first-order chi connectivity index (χ1) is 8.10. The molecule has 4 heteroatoms. The summed E-state index contributed by atoms with van der Waals surface area (Å²) in [6.45, 7) is 2.88. The van der Waals surface area contributed by atoms with Crippen molar-refractivity contribution in [1.29, 1.82) is 0 Å². The average molecular weight is 256 g/mol. The SMILES string of the molecule is CNC(C)c1ccc(N(C)CCSC)c(F)c1. The van der Waals surface area contributed by atoms with Crippen molar-refractivity contribution in [2.24, 2.45) is 0 Å². The van der Waals surface area contributed by atoms with Crippen molar-refractivity contribution >= 4 is 17.4 Å². The fourth-order valence-electron chi connectivity index (χ4n) is 1.62. The molecule has 1 atom stereocenters. The summed E-state index contributed by atoms with van der Waals surface area (Å²) in [6, 6.07) is 5.63. The normalized spacial score (nSPS) is 12.5. The van der Waals surface area contributed by atoms with Crippen LogP contribution in [0.3, 0.4) is 0 Å². The molecule has 0 aliphatic rings. The van der Waals surface area contributed by atoms with E-state index in [4.69, 9.17) is 0 Å². The highest BCUT2D eigenvalue weighted by atomic mass is 32.2. The Morgan fingerprint density at radius 3 is 2.71 bits per heavy atom. The van der Waals surface area contributed by atoms with Crippen molar-refractivity contribution < 1.29 is 4.39 Å². The molecule has 0 saturated heterocycles. The van der Waals surface area contributed by atoms with E-state index < -0.39 is 0 Å². The van der Waals surface area contributed by atoms with Gasteiger partial charge in [-0.15, -0.1) is 0 Å². The van der Waals surface area contributed by atoms with Gasteiger partial charge in [0, 0.05) is 25.4 Å². The predicted molar refractivity (Wildman–Crippen MR) is 75.5 cm³/mol. The summed E-state index contributed by atoms with van der Waals surface area (Å²) in [6.07, 6.45) is 2.06. The number of rotatable bonds is 6. The Hall–Kier alpha value is -0.740. The molecule has 0 aliphatic carbocycles. The van der Waals surface area contributed by atoms with E-state index in [1.54, 1.807) is 17.8 Å². The van der Waals surface area contributed by atoms with Crippen molar-refractivity contribution in [2.45, 2.75) is 13.0 Å². The van der Waals surface area contributed by atoms with Gasteiger partial charge in [0.2, 0.25) is 0 Å². The number of anilines is 1. The summed E-state index contributed by atoms with van der Waals surface area (Å²) < 4.78 is 13.9. The van der Waals surface area contributed by atoms with Gasteiger partial charge in [-0.1, -0.05) is 6.07 Å². The van der Waals surface area contributed by atoms with Gasteiger partial charge in [0.15, 0.2) is 0 Å². The minimum absolute atomic E-state index is 0.145. The minimum Gasteiger partial charge on any atom is -0.371 e. The number of nitrogens with one attached hydrogen (secondary N) is 1. The van der Waals surface area contributed by atoms with Gasteiger partial charge in [0.1, 0.15) is 5.82 Å². The van der Waals surface area contributed by atoms with Crippen LogP contribution in [-0.4, -0.2) is 32.6 Å². The number of hydrogen-bond acceptors (Lipinski definition) is 3. The first kappa shape index (κ1) is 14.3. The maximum Gasteiger partial charge on any atom is 0.146 e. The molecule has 0 radical (unpaired) electrons. The molecule has 0 amide bonds. The van der Waals surface area contributed by atoms with E-state index >= 15 is 0 Å². The summed E-state index contributed by atoms with van der Waals surface area (Å²) >= 11 is 1.77. The summed E-state index contributed by atoms with van der Waals surface area (Å²) in [5.74, 6) is 0.859. The van der Waals surface area contributed by atoms with Crippen LogP contribution in [0.25, 0.3) is 0 Å². The zero-order valence-corrected chi connectivity index (χ0v) is 11.8. The molecule has 0 fully saturated rings. The van der Waals surface area contributed by atoms with Gasteiger partial charge < -0.3 is 10.2 Å². The smallest absolute Gasteiger partial charge is 0.146 e. The molecular formula is C13H21FN2S. The summed E-state index contributed by atoms with van der Waals surface area (Å²) in [7, 11) is 3.80. The van der Waals surface area contributed by atoms with Gasteiger partial charge >= 0.3 is 0 Å². The second kappa shape index (κ2) is 6.87. The molecule has 0 saturated carbocycles. The van der Waals surface area contributed by atoms with Crippen LogP contribution >= 0.6 is 11.8 Å². The van der Waals surface area contributed by atoms with Crippen molar-refractivity contribution in [2.75, 3.05) is 37.5 Å². The van der Waals surface area contributed by atoms with Gasteiger partial charge in [-0.3, -0.25) is 0 Å². The maximum absolute atomic E-state index is 13.9.